The van der Waals surface area contributed by atoms with Crippen LogP contribution in [0.2, 0.25) is 0 Å². The highest BCUT2D eigenvalue weighted by atomic mass is 19.4. The van der Waals surface area contributed by atoms with Crippen molar-refractivity contribution in [3.63, 3.8) is 0 Å². The van der Waals surface area contributed by atoms with E-state index in [9.17, 15) is 31.1 Å². The van der Waals surface area contributed by atoms with Crippen LogP contribution in [0.4, 0.5) is 26.3 Å². The van der Waals surface area contributed by atoms with Crippen molar-refractivity contribution in [3.8, 4) is 0 Å². The molecule has 20 heavy (non-hydrogen) atoms. The summed E-state index contributed by atoms with van der Waals surface area (Å²) in [5.74, 6) is -1.17. The molecule has 0 radical (unpaired) electrons. The third kappa shape index (κ3) is 3.65. The van der Waals surface area contributed by atoms with E-state index in [1.54, 1.807) is 10.3 Å². The van der Waals surface area contributed by atoms with E-state index in [-0.39, 0.29) is 0 Å². The van der Waals surface area contributed by atoms with E-state index in [4.69, 9.17) is 5.11 Å². The second-order valence-corrected chi connectivity index (χ2v) is 4.25. The predicted octanol–water partition coefficient (Wildman–Crippen LogP) is 2.08. The van der Waals surface area contributed by atoms with Crippen LogP contribution >= 0.6 is 0 Å². The zero-order valence-electron chi connectivity index (χ0n) is 9.99. The first-order chi connectivity index (χ1) is 8.84. The van der Waals surface area contributed by atoms with Gasteiger partial charge < -0.3 is 15.4 Å². The van der Waals surface area contributed by atoms with E-state index < -0.39 is 41.7 Å². The molecule has 1 aromatic heterocycles. The zero-order valence-corrected chi connectivity index (χ0v) is 9.99. The molecule has 114 valence electrons. The van der Waals surface area contributed by atoms with Gasteiger partial charge in [-0.2, -0.15) is 26.3 Å². The molecule has 1 heterocycles. The van der Waals surface area contributed by atoms with E-state index in [0.717, 1.165) is 0 Å². The maximum atomic E-state index is 12.3. The largest absolute Gasteiger partial charge is 0.431 e. The van der Waals surface area contributed by atoms with Crippen molar-refractivity contribution in [2.24, 2.45) is 0 Å². The Hall–Kier alpha value is -1.71. The summed E-state index contributed by atoms with van der Waals surface area (Å²) in [5, 5.41) is 10.8. The average Bonchev–Trinajstić information content (AvgIpc) is 2.73. The Morgan fingerprint density at radius 2 is 1.85 bits per heavy atom. The van der Waals surface area contributed by atoms with Gasteiger partial charge in [-0.25, -0.2) is 0 Å². The number of aliphatic hydroxyl groups is 1. The number of nitrogens with one attached hydrogen (secondary N) is 2. The van der Waals surface area contributed by atoms with Crippen LogP contribution < -0.4 is 5.32 Å². The van der Waals surface area contributed by atoms with Crippen molar-refractivity contribution in [2.75, 3.05) is 6.54 Å². The molecule has 0 aliphatic rings. The molecule has 1 atom stereocenters. The number of aromatic nitrogens is 1. The molecule has 1 unspecified atom stereocenters. The molecule has 0 bridgehead atoms. The van der Waals surface area contributed by atoms with Crippen LogP contribution in [0.25, 0.3) is 0 Å². The van der Waals surface area contributed by atoms with E-state index in [2.05, 4.69) is 0 Å². The van der Waals surface area contributed by atoms with Crippen molar-refractivity contribution in [3.05, 3.63) is 23.5 Å². The normalized spacial score (nSPS) is 15.8. The Morgan fingerprint density at radius 3 is 2.25 bits per heavy atom. The molecule has 0 saturated heterocycles. The molecule has 0 saturated carbocycles. The van der Waals surface area contributed by atoms with Crippen LogP contribution in [0, 0.1) is 0 Å². The Morgan fingerprint density at radius 1 is 1.30 bits per heavy atom. The van der Waals surface area contributed by atoms with Gasteiger partial charge in [0.1, 0.15) is 5.69 Å². The highest BCUT2D eigenvalue weighted by Crippen LogP contribution is 2.30. The predicted molar refractivity (Wildman–Crippen MR) is 54.8 cm³/mol. The van der Waals surface area contributed by atoms with Gasteiger partial charge in [0.2, 0.25) is 0 Å². The highest BCUT2D eigenvalue weighted by Gasteiger charge is 2.50. The van der Waals surface area contributed by atoms with Crippen molar-refractivity contribution in [1.82, 2.24) is 10.3 Å². The maximum absolute atomic E-state index is 12.3. The third-order valence-electron chi connectivity index (χ3n) is 2.45. The molecule has 10 heteroatoms. The fraction of sp³-hybridized carbons (Fsp3) is 0.500. The summed E-state index contributed by atoms with van der Waals surface area (Å²) in [4.78, 5) is 13.2. The van der Waals surface area contributed by atoms with Crippen LogP contribution in [0.1, 0.15) is 23.0 Å². The van der Waals surface area contributed by atoms with Crippen LogP contribution in [-0.2, 0) is 6.18 Å². The molecule has 1 rings (SSSR count). The minimum atomic E-state index is -4.98. The number of amides is 1. The smallest absolute Gasteiger partial charge is 0.379 e. The van der Waals surface area contributed by atoms with Gasteiger partial charge in [-0.15, -0.1) is 0 Å². The molecule has 0 aliphatic carbocycles. The van der Waals surface area contributed by atoms with Crippen LogP contribution in [0.15, 0.2) is 12.3 Å². The summed E-state index contributed by atoms with van der Waals surface area (Å²) < 4.78 is 73.6. The van der Waals surface area contributed by atoms with E-state index >= 15 is 0 Å². The van der Waals surface area contributed by atoms with Crippen molar-refractivity contribution in [2.45, 2.75) is 24.9 Å². The van der Waals surface area contributed by atoms with Crippen molar-refractivity contribution >= 4 is 5.91 Å². The number of aromatic amines is 1. The Labute approximate surface area is 108 Å². The molecule has 0 spiro atoms. The lowest BCUT2D eigenvalue weighted by Gasteiger charge is -2.26. The lowest BCUT2D eigenvalue weighted by Crippen LogP contribution is -2.51. The Balaban J connectivity index is 2.72. The Kier molecular flexibility index (Phi) is 4.09. The first-order valence-corrected chi connectivity index (χ1v) is 5.17. The molecule has 3 N–H and O–H groups in total. The molecule has 0 aromatic carbocycles. The van der Waals surface area contributed by atoms with Gasteiger partial charge >= 0.3 is 12.4 Å². The minimum Gasteiger partial charge on any atom is -0.379 e. The Bertz CT molecular complexity index is 489. The molecule has 1 aromatic rings. The number of halogens is 6. The first kappa shape index (κ1) is 16.3. The summed E-state index contributed by atoms with van der Waals surface area (Å²) in [5.41, 5.74) is -4.87. The monoisotopic (exact) mass is 304 g/mol. The van der Waals surface area contributed by atoms with Crippen LogP contribution in [0.5, 0.6) is 0 Å². The van der Waals surface area contributed by atoms with Gasteiger partial charge in [0, 0.05) is 6.20 Å². The van der Waals surface area contributed by atoms with Crippen molar-refractivity contribution < 1.29 is 36.2 Å². The van der Waals surface area contributed by atoms with E-state index in [1.165, 1.54) is 0 Å². The summed E-state index contributed by atoms with van der Waals surface area (Å²) >= 11 is 0. The van der Waals surface area contributed by atoms with Crippen LogP contribution in [0.3, 0.4) is 0 Å². The highest BCUT2D eigenvalue weighted by molar-refractivity contribution is 5.94. The molecule has 1 amide bonds. The molecular formula is C10H10F6N2O2. The SMILES string of the molecule is CC(O)(CNC(=O)c1c[nH]c(C(F)(F)F)c1)C(F)(F)F. The summed E-state index contributed by atoms with van der Waals surface area (Å²) in [6.45, 7) is -0.743. The molecular weight excluding hydrogens is 294 g/mol. The quantitative estimate of drug-likeness (QED) is 0.749. The summed E-state index contributed by atoms with van der Waals surface area (Å²) in [6, 6.07) is 0.456. The fourth-order valence-electron chi connectivity index (χ4n) is 1.14. The second kappa shape index (κ2) is 5.00. The third-order valence-corrected chi connectivity index (χ3v) is 2.45. The lowest BCUT2D eigenvalue weighted by molar-refractivity contribution is -0.249. The average molecular weight is 304 g/mol. The molecule has 4 nitrogen and oxygen atoms in total. The lowest BCUT2D eigenvalue weighted by atomic mass is 10.1. The number of rotatable bonds is 3. The van der Waals surface area contributed by atoms with Crippen LogP contribution in [-0.4, -0.2) is 34.3 Å². The van der Waals surface area contributed by atoms with Crippen molar-refractivity contribution in [1.29, 1.82) is 0 Å². The number of carbonyl (C=O) groups is 1. The second-order valence-electron chi connectivity index (χ2n) is 4.25. The summed E-state index contributed by atoms with van der Waals surface area (Å²) in [7, 11) is 0. The first-order valence-electron chi connectivity index (χ1n) is 5.17. The van der Waals surface area contributed by atoms with Gasteiger partial charge in [-0.05, 0) is 13.0 Å². The fourth-order valence-corrected chi connectivity index (χ4v) is 1.14. The van der Waals surface area contributed by atoms with Gasteiger partial charge in [0.15, 0.2) is 5.60 Å². The number of hydrogen-bond acceptors (Lipinski definition) is 2. The summed E-state index contributed by atoms with van der Waals surface area (Å²) in [6.07, 6.45) is -8.97. The van der Waals surface area contributed by atoms with E-state index in [0.29, 0.717) is 19.2 Å². The van der Waals surface area contributed by atoms with Gasteiger partial charge in [0.25, 0.3) is 5.91 Å². The maximum Gasteiger partial charge on any atom is 0.431 e. The topological polar surface area (TPSA) is 65.1 Å². The van der Waals surface area contributed by atoms with Gasteiger partial charge in [-0.1, -0.05) is 0 Å². The standard InChI is InChI=1S/C10H10F6N2O2/c1-8(20,10(14,15)16)4-18-7(19)5-2-6(17-3-5)9(11,12)13/h2-3,17,20H,4H2,1H3,(H,18,19). The minimum absolute atomic E-state index is 0.436. The molecule has 0 fully saturated rings. The number of alkyl halides is 6. The number of H-pyrrole nitrogens is 1. The zero-order chi connectivity index (χ0) is 15.8. The van der Waals surface area contributed by atoms with E-state index in [1.807, 2.05) is 0 Å². The number of carbonyl (C=O) groups excluding carboxylic acids is 1. The van der Waals surface area contributed by atoms with Gasteiger partial charge in [0.05, 0.1) is 12.1 Å². The van der Waals surface area contributed by atoms with Gasteiger partial charge in [-0.3, -0.25) is 4.79 Å². The number of hydrogen-bond donors (Lipinski definition) is 3. The molecule has 0 aliphatic heterocycles.